The molecule has 0 bridgehead atoms. The van der Waals surface area contributed by atoms with Gasteiger partial charge < -0.3 is 9.73 Å². The third-order valence-corrected chi connectivity index (χ3v) is 3.09. The molecule has 0 spiro atoms. The van der Waals surface area contributed by atoms with Crippen LogP contribution >= 0.6 is 0 Å². The third kappa shape index (κ3) is 2.84. The fraction of sp³-hybridized carbons (Fsp3) is 0.0588. The highest BCUT2D eigenvalue weighted by Gasteiger charge is 2.14. The van der Waals surface area contributed by atoms with Crippen molar-refractivity contribution < 1.29 is 9.21 Å². The largest absolute Gasteiger partial charge is 0.464 e. The van der Waals surface area contributed by atoms with E-state index in [1.807, 2.05) is 43.3 Å². The number of nitrogens with zero attached hydrogens (tertiary/aromatic N) is 1. The highest BCUT2D eigenvalue weighted by Crippen LogP contribution is 2.24. The molecule has 0 radical (unpaired) electrons. The smallest absolute Gasteiger partial charge is 0.257 e. The van der Waals surface area contributed by atoms with Gasteiger partial charge in [0.05, 0.1) is 11.8 Å². The van der Waals surface area contributed by atoms with Crippen LogP contribution in [-0.4, -0.2) is 10.9 Å². The minimum Gasteiger partial charge on any atom is -0.464 e. The van der Waals surface area contributed by atoms with Gasteiger partial charge in [-0.1, -0.05) is 24.3 Å². The molecule has 2 aromatic heterocycles. The number of carbonyl (C=O) groups excluding carboxylic acids is 1. The number of amides is 1. The fourth-order valence-electron chi connectivity index (χ4n) is 2.12. The van der Waals surface area contributed by atoms with Gasteiger partial charge in [0.25, 0.3) is 5.91 Å². The van der Waals surface area contributed by atoms with Crippen LogP contribution in [0.3, 0.4) is 0 Å². The Kier molecular flexibility index (Phi) is 3.51. The average molecular weight is 278 g/mol. The second-order valence-electron chi connectivity index (χ2n) is 4.64. The van der Waals surface area contributed by atoms with Crippen LogP contribution in [0.4, 0.5) is 5.82 Å². The van der Waals surface area contributed by atoms with Crippen molar-refractivity contribution in [1.82, 2.24) is 4.98 Å². The topological polar surface area (TPSA) is 55.1 Å². The molecule has 0 aliphatic heterocycles. The van der Waals surface area contributed by atoms with Gasteiger partial charge >= 0.3 is 0 Å². The van der Waals surface area contributed by atoms with Gasteiger partial charge in [-0.15, -0.1) is 0 Å². The first-order valence-corrected chi connectivity index (χ1v) is 6.62. The third-order valence-electron chi connectivity index (χ3n) is 3.09. The van der Waals surface area contributed by atoms with E-state index >= 15 is 0 Å². The van der Waals surface area contributed by atoms with Crippen molar-refractivity contribution in [3.8, 4) is 11.3 Å². The normalized spacial score (nSPS) is 10.3. The molecule has 0 unspecified atom stereocenters. The van der Waals surface area contributed by atoms with Gasteiger partial charge in [0.2, 0.25) is 0 Å². The summed E-state index contributed by atoms with van der Waals surface area (Å²) in [7, 11) is 0. The molecule has 3 aromatic rings. The Morgan fingerprint density at radius 3 is 2.67 bits per heavy atom. The molecule has 0 saturated carbocycles. The molecule has 1 N–H and O–H groups in total. The van der Waals surface area contributed by atoms with Gasteiger partial charge in [-0.25, -0.2) is 4.98 Å². The van der Waals surface area contributed by atoms with E-state index in [1.165, 1.54) is 0 Å². The molecule has 0 saturated heterocycles. The molecule has 0 atom stereocenters. The molecule has 2 heterocycles. The van der Waals surface area contributed by atoms with Crippen molar-refractivity contribution in [3.05, 3.63) is 72.1 Å². The summed E-state index contributed by atoms with van der Waals surface area (Å²) < 4.78 is 5.38. The molecule has 0 aliphatic rings. The van der Waals surface area contributed by atoms with Crippen molar-refractivity contribution >= 4 is 11.7 Å². The van der Waals surface area contributed by atoms with Gasteiger partial charge in [-0.2, -0.15) is 0 Å². The van der Waals surface area contributed by atoms with Crippen LogP contribution in [0, 0.1) is 6.92 Å². The number of hydrogen-bond acceptors (Lipinski definition) is 3. The first-order chi connectivity index (χ1) is 10.2. The van der Waals surface area contributed by atoms with Crippen LogP contribution in [0.15, 0.2) is 65.3 Å². The second kappa shape index (κ2) is 5.63. The van der Waals surface area contributed by atoms with Crippen LogP contribution in [0.5, 0.6) is 0 Å². The molecule has 1 amide bonds. The summed E-state index contributed by atoms with van der Waals surface area (Å²) in [4.78, 5) is 16.7. The monoisotopic (exact) mass is 278 g/mol. The summed E-state index contributed by atoms with van der Waals surface area (Å²) in [6, 6.07) is 16.5. The van der Waals surface area contributed by atoms with Crippen molar-refractivity contribution in [2.45, 2.75) is 6.92 Å². The Labute approximate surface area is 122 Å². The summed E-state index contributed by atoms with van der Waals surface area (Å²) in [5, 5.41) is 2.81. The molecule has 0 aliphatic carbocycles. The fourth-order valence-corrected chi connectivity index (χ4v) is 2.12. The molecule has 3 rings (SSSR count). The van der Waals surface area contributed by atoms with E-state index in [0.717, 1.165) is 11.3 Å². The number of rotatable bonds is 3. The lowest BCUT2D eigenvalue weighted by Crippen LogP contribution is -2.14. The zero-order chi connectivity index (χ0) is 14.7. The van der Waals surface area contributed by atoms with Crippen molar-refractivity contribution in [1.29, 1.82) is 0 Å². The van der Waals surface area contributed by atoms with Crippen LogP contribution < -0.4 is 5.32 Å². The Balaban J connectivity index is 1.92. The van der Waals surface area contributed by atoms with Crippen molar-refractivity contribution in [2.24, 2.45) is 0 Å². The Hall–Kier alpha value is -2.88. The number of hydrogen-bond donors (Lipinski definition) is 1. The van der Waals surface area contributed by atoms with Crippen LogP contribution in [-0.2, 0) is 0 Å². The SMILES string of the molecule is Cc1cccc(NC(=O)c2ccccc2-c2ccco2)n1. The lowest BCUT2D eigenvalue weighted by Gasteiger charge is -2.08. The Morgan fingerprint density at radius 1 is 1.05 bits per heavy atom. The molecule has 1 aromatic carbocycles. The highest BCUT2D eigenvalue weighted by molar-refractivity contribution is 6.07. The molecular weight excluding hydrogens is 264 g/mol. The highest BCUT2D eigenvalue weighted by atomic mass is 16.3. The van der Waals surface area contributed by atoms with Crippen LogP contribution in [0.25, 0.3) is 11.3 Å². The molecule has 4 nitrogen and oxygen atoms in total. The predicted molar refractivity (Wildman–Crippen MR) is 81.1 cm³/mol. The molecule has 0 fully saturated rings. The Bertz CT molecular complexity index is 764. The summed E-state index contributed by atoms with van der Waals surface area (Å²) in [6.45, 7) is 1.88. The first-order valence-electron chi connectivity index (χ1n) is 6.62. The number of furan rings is 1. The maximum absolute atomic E-state index is 12.4. The van der Waals surface area contributed by atoms with Gasteiger partial charge in [0.15, 0.2) is 0 Å². The van der Waals surface area contributed by atoms with Crippen molar-refractivity contribution in [2.75, 3.05) is 5.32 Å². The number of nitrogens with one attached hydrogen (secondary N) is 1. The van der Waals surface area contributed by atoms with Gasteiger partial charge in [-0.05, 0) is 37.3 Å². The van der Waals surface area contributed by atoms with E-state index in [2.05, 4.69) is 10.3 Å². The van der Waals surface area contributed by atoms with Gasteiger partial charge in [-0.3, -0.25) is 4.79 Å². The lowest BCUT2D eigenvalue weighted by molar-refractivity contribution is 0.102. The van der Waals surface area contributed by atoms with Crippen LogP contribution in [0.1, 0.15) is 16.1 Å². The van der Waals surface area contributed by atoms with E-state index in [0.29, 0.717) is 17.1 Å². The summed E-state index contributed by atoms with van der Waals surface area (Å²) in [6.07, 6.45) is 1.59. The first kappa shape index (κ1) is 13.1. The van der Waals surface area contributed by atoms with Gasteiger partial charge in [0.1, 0.15) is 11.6 Å². The summed E-state index contributed by atoms with van der Waals surface area (Å²) >= 11 is 0. The summed E-state index contributed by atoms with van der Waals surface area (Å²) in [5.74, 6) is 0.993. The van der Waals surface area contributed by atoms with Crippen molar-refractivity contribution in [3.63, 3.8) is 0 Å². The Morgan fingerprint density at radius 2 is 1.90 bits per heavy atom. The summed E-state index contributed by atoms with van der Waals surface area (Å²) in [5.41, 5.74) is 2.16. The number of carbonyl (C=O) groups is 1. The quantitative estimate of drug-likeness (QED) is 0.790. The molecule has 104 valence electrons. The number of aromatic nitrogens is 1. The zero-order valence-corrected chi connectivity index (χ0v) is 11.5. The van der Waals surface area contributed by atoms with E-state index in [4.69, 9.17) is 4.42 Å². The minimum absolute atomic E-state index is 0.208. The number of pyridine rings is 1. The second-order valence-corrected chi connectivity index (χ2v) is 4.64. The van der Waals surface area contributed by atoms with Crippen LogP contribution in [0.2, 0.25) is 0 Å². The number of anilines is 1. The molecular formula is C17H14N2O2. The minimum atomic E-state index is -0.208. The number of benzene rings is 1. The number of aryl methyl sites for hydroxylation is 1. The van der Waals surface area contributed by atoms with E-state index in [-0.39, 0.29) is 5.91 Å². The van der Waals surface area contributed by atoms with Gasteiger partial charge in [0, 0.05) is 11.3 Å². The standard InChI is InChI=1S/C17H14N2O2/c1-12-6-4-10-16(18-12)19-17(20)14-8-3-2-7-13(14)15-9-5-11-21-15/h2-11H,1H3,(H,18,19,20). The van der Waals surface area contributed by atoms with E-state index < -0.39 is 0 Å². The maximum atomic E-state index is 12.4. The van der Waals surface area contributed by atoms with E-state index in [1.54, 1.807) is 24.5 Å². The molecule has 21 heavy (non-hydrogen) atoms. The predicted octanol–water partition coefficient (Wildman–Crippen LogP) is 3.90. The molecule has 4 heteroatoms. The lowest BCUT2D eigenvalue weighted by atomic mass is 10.0. The zero-order valence-electron chi connectivity index (χ0n) is 11.5. The average Bonchev–Trinajstić information content (AvgIpc) is 3.01. The van der Waals surface area contributed by atoms with E-state index in [9.17, 15) is 4.79 Å². The maximum Gasteiger partial charge on any atom is 0.257 e.